The van der Waals surface area contributed by atoms with Gasteiger partial charge in [-0.3, -0.25) is 4.79 Å². The first-order chi connectivity index (χ1) is 7.52. The van der Waals surface area contributed by atoms with Crippen LogP contribution in [0.1, 0.15) is 33.1 Å². The van der Waals surface area contributed by atoms with Gasteiger partial charge in [0.2, 0.25) is 5.91 Å². The molecule has 1 aliphatic rings. The Labute approximate surface area is 95.0 Å². The second kappa shape index (κ2) is 5.43. The van der Waals surface area contributed by atoms with Gasteiger partial charge in [-0.05, 0) is 18.4 Å². The fourth-order valence-electron chi connectivity index (χ4n) is 2.03. The van der Waals surface area contributed by atoms with Gasteiger partial charge in [0, 0.05) is 0 Å². The van der Waals surface area contributed by atoms with Crippen LogP contribution in [0.15, 0.2) is 11.6 Å². The number of aliphatic hydroxyl groups excluding tert-OH is 2. The van der Waals surface area contributed by atoms with Crippen LogP contribution in [0.2, 0.25) is 0 Å². The van der Waals surface area contributed by atoms with E-state index in [4.69, 9.17) is 10.2 Å². The largest absolute Gasteiger partial charge is 0.369 e. The van der Waals surface area contributed by atoms with E-state index in [-0.39, 0.29) is 12.3 Å². The number of amides is 1. The van der Waals surface area contributed by atoms with Crippen molar-refractivity contribution in [1.82, 2.24) is 4.90 Å². The minimum atomic E-state index is -1.62. The summed E-state index contributed by atoms with van der Waals surface area (Å²) in [6.45, 7) is 3.66. The highest BCUT2D eigenvalue weighted by Gasteiger charge is 2.39. The zero-order valence-corrected chi connectivity index (χ0v) is 9.63. The van der Waals surface area contributed by atoms with E-state index < -0.39 is 18.6 Å². The van der Waals surface area contributed by atoms with Crippen LogP contribution in [0, 0.1) is 0 Å². The molecule has 0 aromatic heterocycles. The molecule has 0 aliphatic carbocycles. The number of aliphatic hydroxyl groups is 3. The molecule has 1 aliphatic heterocycles. The molecule has 16 heavy (non-hydrogen) atoms. The van der Waals surface area contributed by atoms with Gasteiger partial charge in [0.15, 0.2) is 12.5 Å². The third-order valence-corrected chi connectivity index (χ3v) is 2.82. The van der Waals surface area contributed by atoms with Crippen LogP contribution in [-0.4, -0.2) is 44.7 Å². The van der Waals surface area contributed by atoms with Crippen LogP contribution in [0.5, 0.6) is 0 Å². The summed E-state index contributed by atoms with van der Waals surface area (Å²) in [5.41, 5.74) is 0.645. The van der Waals surface area contributed by atoms with Crippen molar-refractivity contribution < 1.29 is 20.1 Å². The van der Waals surface area contributed by atoms with Gasteiger partial charge >= 0.3 is 0 Å². The van der Waals surface area contributed by atoms with Gasteiger partial charge < -0.3 is 20.2 Å². The maximum Gasteiger partial charge on any atom is 0.229 e. The molecule has 5 heteroatoms. The third-order valence-electron chi connectivity index (χ3n) is 2.82. The first-order valence-electron chi connectivity index (χ1n) is 5.57. The molecular weight excluding hydrogens is 210 g/mol. The second-order valence-corrected chi connectivity index (χ2v) is 3.93. The SMILES string of the molecule is CC/C=C1/CC(=O)N([C@@H](CC)C(O)O)C1O. The molecule has 1 heterocycles. The molecule has 0 radical (unpaired) electrons. The molecule has 0 bridgehead atoms. The summed E-state index contributed by atoms with van der Waals surface area (Å²) in [6.07, 6.45) is 0.465. The lowest BCUT2D eigenvalue weighted by Gasteiger charge is -2.31. The summed E-state index contributed by atoms with van der Waals surface area (Å²) in [5, 5.41) is 28.2. The maximum atomic E-state index is 11.7. The van der Waals surface area contributed by atoms with Crippen LogP contribution in [0.25, 0.3) is 0 Å². The number of allylic oxidation sites excluding steroid dienone is 1. The van der Waals surface area contributed by atoms with Gasteiger partial charge in [-0.2, -0.15) is 0 Å². The molecule has 0 aromatic carbocycles. The molecule has 1 fully saturated rings. The lowest BCUT2D eigenvalue weighted by Crippen LogP contribution is -2.48. The van der Waals surface area contributed by atoms with Gasteiger partial charge in [-0.1, -0.05) is 19.9 Å². The minimum Gasteiger partial charge on any atom is -0.369 e. The summed E-state index contributed by atoms with van der Waals surface area (Å²) < 4.78 is 0. The van der Waals surface area contributed by atoms with E-state index >= 15 is 0 Å². The smallest absolute Gasteiger partial charge is 0.229 e. The Kier molecular flexibility index (Phi) is 4.46. The molecule has 3 N–H and O–H groups in total. The zero-order chi connectivity index (χ0) is 12.3. The number of hydrogen-bond acceptors (Lipinski definition) is 4. The number of likely N-dealkylation sites (tertiary alicyclic amines) is 1. The van der Waals surface area contributed by atoms with E-state index in [9.17, 15) is 9.90 Å². The second-order valence-electron chi connectivity index (χ2n) is 3.93. The van der Waals surface area contributed by atoms with E-state index in [0.717, 1.165) is 11.3 Å². The fourth-order valence-corrected chi connectivity index (χ4v) is 2.03. The molecule has 5 nitrogen and oxygen atoms in total. The van der Waals surface area contributed by atoms with Crippen LogP contribution >= 0.6 is 0 Å². The highest BCUT2D eigenvalue weighted by molar-refractivity contribution is 5.83. The maximum absolute atomic E-state index is 11.7. The quantitative estimate of drug-likeness (QED) is 0.467. The van der Waals surface area contributed by atoms with E-state index in [2.05, 4.69) is 0 Å². The van der Waals surface area contributed by atoms with Crippen molar-refractivity contribution in [3.63, 3.8) is 0 Å². The predicted molar refractivity (Wildman–Crippen MR) is 58.1 cm³/mol. The predicted octanol–water partition coefficient (Wildman–Crippen LogP) is -0.0372. The van der Waals surface area contributed by atoms with Crippen LogP contribution in [-0.2, 0) is 4.79 Å². The first-order valence-corrected chi connectivity index (χ1v) is 5.57. The summed E-state index contributed by atoms with van der Waals surface area (Å²) in [7, 11) is 0. The molecule has 1 amide bonds. The Morgan fingerprint density at radius 3 is 2.56 bits per heavy atom. The summed E-state index contributed by atoms with van der Waals surface area (Å²) in [5.74, 6) is -0.257. The molecule has 92 valence electrons. The van der Waals surface area contributed by atoms with Crippen molar-refractivity contribution in [3.8, 4) is 0 Å². The van der Waals surface area contributed by atoms with Gasteiger partial charge in [0.25, 0.3) is 0 Å². The van der Waals surface area contributed by atoms with E-state index in [1.165, 1.54) is 0 Å². The Balaban J connectivity index is 2.89. The molecular formula is C11H19NO4. The highest BCUT2D eigenvalue weighted by Crippen LogP contribution is 2.27. The van der Waals surface area contributed by atoms with Crippen LogP contribution in [0.4, 0.5) is 0 Å². The summed E-state index contributed by atoms with van der Waals surface area (Å²) >= 11 is 0. The van der Waals surface area contributed by atoms with Crippen molar-refractivity contribution >= 4 is 5.91 Å². The van der Waals surface area contributed by atoms with Gasteiger partial charge in [0.1, 0.15) is 0 Å². The Morgan fingerprint density at radius 1 is 1.50 bits per heavy atom. The normalized spacial score (nSPS) is 25.9. The number of rotatable bonds is 4. The van der Waals surface area contributed by atoms with E-state index in [1.807, 2.05) is 6.92 Å². The molecule has 2 atom stereocenters. The monoisotopic (exact) mass is 229 g/mol. The average molecular weight is 229 g/mol. The van der Waals surface area contributed by atoms with E-state index in [0.29, 0.717) is 12.0 Å². The minimum absolute atomic E-state index is 0.165. The van der Waals surface area contributed by atoms with E-state index in [1.54, 1.807) is 13.0 Å². The van der Waals surface area contributed by atoms with Gasteiger partial charge in [-0.15, -0.1) is 0 Å². The Bertz CT molecular complexity index is 288. The lowest BCUT2D eigenvalue weighted by atomic mass is 10.1. The number of nitrogens with zero attached hydrogens (tertiary/aromatic N) is 1. The number of carbonyl (C=O) groups is 1. The Hall–Kier alpha value is -0.910. The van der Waals surface area contributed by atoms with Crippen molar-refractivity contribution in [1.29, 1.82) is 0 Å². The zero-order valence-electron chi connectivity index (χ0n) is 9.63. The van der Waals surface area contributed by atoms with Crippen molar-refractivity contribution in [2.45, 2.75) is 51.7 Å². The lowest BCUT2D eigenvalue weighted by molar-refractivity contribution is -0.155. The standard InChI is InChI=1S/C11H19NO4/c1-3-5-7-6-9(13)12(10(7)14)8(4-2)11(15)16/h5,8,10-11,14-16H,3-4,6H2,1-2H3/b7-5-/t8-,10?/m0/s1. The first kappa shape index (κ1) is 13.2. The number of carbonyl (C=O) groups excluding carboxylic acids is 1. The molecule has 0 spiro atoms. The van der Waals surface area contributed by atoms with Gasteiger partial charge in [0.05, 0.1) is 12.5 Å². The van der Waals surface area contributed by atoms with Crippen LogP contribution in [0.3, 0.4) is 0 Å². The van der Waals surface area contributed by atoms with Crippen molar-refractivity contribution in [2.24, 2.45) is 0 Å². The molecule has 0 saturated carbocycles. The van der Waals surface area contributed by atoms with Gasteiger partial charge in [-0.25, -0.2) is 0 Å². The number of hydrogen-bond donors (Lipinski definition) is 3. The third kappa shape index (κ3) is 2.42. The van der Waals surface area contributed by atoms with Crippen LogP contribution < -0.4 is 0 Å². The molecule has 1 saturated heterocycles. The topological polar surface area (TPSA) is 81.0 Å². The fraction of sp³-hybridized carbons (Fsp3) is 0.727. The summed E-state index contributed by atoms with van der Waals surface area (Å²) in [4.78, 5) is 12.8. The molecule has 0 aromatic rings. The van der Waals surface area contributed by atoms with Crippen molar-refractivity contribution in [2.75, 3.05) is 0 Å². The Morgan fingerprint density at radius 2 is 2.12 bits per heavy atom. The van der Waals surface area contributed by atoms with Crippen molar-refractivity contribution in [3.05, 3.63) is 11.6 Å². The highest BCUT2D eigenvalue weighted by atomic mass is 16.5. The molecule has 1 rings (SSSR count). The summed E-state index contributed by atoms with van der Waals surface area (Å²) in [6, 6.07) is -0.745. The average Bonchev–Trinajstić information content (AvgIpc) is 2.47. The molecule has 1 unspecified atom stereocenters.